The minimum Gasteiger partial charge on any atom is -0.338 e. The quantitative estimate of drug-likeness (QED) is 0.699. The molecule has 0 saturated heterocycles. The van der Waals surface area contributed by atoms with Gasteiger partial charge in [-0.25, -0.2) is 8.42 Å². The Kier molecular flexibility index (Phi) is 4.41. The number of hydrogen-bond acceptors (Lipinski definition) is 5. The average molecular weight is 344 g/mol. The average Bonchev–Trinajstić information content (AvgIpc) is 3.04. The van der Waals surface area contributed by atoms with Gasteiger partial charge in [-0.2, -0.15) is 4.98 Å². The van der Waals surface area contributed by atoms with E-state index in [4.69, 9.17) is 4.52 Å². The number of rotatable bonds is 5. The second-order valence-electron chi connectivity index (χ2n) is 6.23. The van der Waals surface area contributed by atoms with Gasteiger partial charge in [-0.1, -0.05) is 61.5 Å². The van der Waals surface area contributed by atoms with Crippen molar-refractivity contribution in [3.8, 4) is 0 Å². The van der Waals surface area contributed by atoms with Crippen molar-refractivity contribution in [3.63, 3.8) is 0 Å². The SMILES string of the molecule is CC(C)c1noc([C@H](C)S(=O)(=O)Cc2cccc3ccccc23)n1. The van der Waals surface area contributed by atoms with Crippen molar-refractivity contribution in [1.82, 2.24) is 10.1 Å². The van der Waals surface area contributed by atoms with Gasteiger partial charge in [0, 0.05) is 5.92 Å². The molecular formula is C18H20N2O3S. The molecule has 2 aromatic carbocycles. The van der Waals surface area contributed by atoms with Crippen molar-refractivity contribution in [2.75, 3.05) is 0 Å². The molecular weight excluding hydrogens is 324 g/mol. The van der Waals surface area contributed by atoms with Crippen LogP contribution >= 0.6 is 0 Å². The van der Waals surface area contributed by atoms with Gasteiger partial charge in [0.25, 0.3) is 0 Å². The molecule has 1 aromatic heterocycles. The summed E-state index contributed by atoms with van der Waals surface area (Å²) in [6.07, 6.45) is 0. The highest BCUT2D eigenvalue weighted by atomic mass is 32.2. The van der Waals surface area contributed by atoms with Gasteiger partial charge in [-0.3, -0.25) is 0 Å². The molecule has 1 atom stereocenters. The minimum atomic E-state index is -3.47. The minimum absolute atomic E-state index is 0.0606. The van der Waals surface area contributed by atoms with E-state index in [1.54, 1.807) is 6.92 Å². The Labute approximate surface area is 141 Å². The van der Waals surface area contributed by atoms with Gasteiger partial charge in [-0.15, -0.1) is 0 Å². The van der Waals surface area contributed by atoms with Gasteiger partial charge < -0.3 is 4.52 Å². The first kappa shape index (κ1) is 16.6. The van der Waals surface area contributed by atoms with E-state index in [9.17, 15) is 8.42 Å². The lowest BCUT2D eigenvalue weighted by Crippen LogP contribution is -2.13. The van der Waals surface area contributed by atoms with E-state index in [1.807, 2.05) is 56.3 Å². The molecule has 0 saturated carbocycles. The van der Waals surface area contributed by atoms with Crippen LogP contribution in [0.5, 0.6) is 0 Å². The molecule has 0 aliphatic heterocycles. The van der Waals surface area contributed by atoms with Crippen LogP contribution in [0.3, 0.4) is 0 Å². The van der Waals surface area contributed by atoms with Crippen molar-refractivity contribution in [2.24, 2.45) is 0 Å². The van der Waals surface area contributed by atoms with Crippen LogP contribution in [0.4, 0.5) is 0 Å². The highest BCUT2D eigenvalue weighted by Crippen LogP contribution is 2.28. The van der Waals surface area contributed by atoms with Crippen molar-refractivity contribution >= 4 is 20.6 Å². The number of hydrogen-bond donors (Lipinski definition) is 0. The smallest absolute Gasteiger partial charge is 0.244 e. The van der Waals surface area contributed by atoms with Crippen LogP contribution in [0.2, 0.25) is 0 Å². The summed E-state index contributed by atoms with van der Waals surface area (Å²) in [6, 6.07) is 13.5. The molecule has 3 rings (SSSR count). The first-order valence-corrected chi connectivity index (χ1v) is 9.61. The van der Waals surface area contributed by atoms with Crippen LogP contribution in [-0.4, -0.2) is 18.6 Å². The van der Waals surface area contributed by atoms with Gasteiger partial charge in [0.15, 0.2) is 15.7 Å². The standard InChI is InChI=1S/C18H20N2O3S/c1-12(2)17-19-18(23-20-17)13(3)24(21,22)11-15-9-6-8-14-7-4-5-10-16(14)15/h4-10,12-13H,11H2,1-3H3/t13-/m0/s1. The fraction of sp³-hybridized carbons (Fsp3) is 0.333. The lowest BCUT2D eigenvalue weighted by atomic mass is 10.1. The second-order valence-corrected chi connectivity index (χ2v) is 8.55. The number of sulfone groups is 1. The number of benzene rings is 2. The molecule has 0 N–H and O–H groups in total. The van der Waals surface area contributed by atoms with Crippen molar-refractivity contribution in [1.29, 1.82) is 0 Å². The molecule has 0 radical (unpaired) electrons. The Morgan fingerprint density at radius 1 is 1.04 bits per heavy atom. The van der Waals surface area contributed by atoms with E-state index >= 15 is 0 Å². The van der Waals surface area contributed by atoms with Crippen LogP contribution in [0, 0.1) is 0 Å². The molecule has 0 bridgehead atoms. The van der Waals surface area contributed by atoms with E-state index in [1.165, 1.54) is 0 Å². The molecule has 126 valence electrons. The van der Waals surface area contributed by atoms with Crippen LogP contribution in [0.15, 0.2) is 47.0 Å². The lowest BCUT2D eigenvalue weighted by molar-refractivity contribution is 0.369. The van der Waals surface area contributed by atoms with Crippen molar-refractivity contribution in [3.05, 3.63) is 59.7 Å². The molecule has 0 aliphatic rings. The zero-order chi connectivity index (χ0) is 17.3. The molecule has 24 heavy (non-hydrogen) atoms. The summed E-state index contributed by atoms with van der Waals surface area (Å²) in [5, 5.41) is 4.99. The summed E-state index contributed by atoms with van der Waals surface area (Å²) in [6.45, 7) is 5.46. The summed E-state index contributed by atoms with van der Waals surface area (Å²) in [4.78, 5) is 4.22. The highest BCUT2D eigenvalue weighted by molar-refractivity contribution is 7.90. The molecule has 3 aromatic rings. The molecule has 0 spiro atoms. The third-order valence-electron chi connectivity index (χ3n) is 4.10. The Morgan fingerprint density at radius 3 is 2.46 bits per heavy atom. The zero-order valence-electron chi connectivity index (χ0n) is 13.9. The van der Waals surface area contributed by atoms with Gasteiger partial charge in [0.05, 0.1) is 5.75 Å². The highest BCUT2D eigenvalue weighted by Gasteiger charge is 2.29. The van der Waals surface area contributed by atoms with Gasteiger partial charge in [0.1, 0.15) is 5.25 Å². The van der Waals surface area contributed by atoms with E-state index in [0.717, 1.165) is 16.3 Å². The Hall–Kier alpha value is -2.21. The van der Waals surface area contributed by atoms with Crippen LogP contribution in [0.25, 0.3) is 10.8 Å². The second kappa shape index (κ2) is 6.36. The molecule has 6 heteroatoms. The van der Waals surface area contributed by atoms with E-state index in [2.05, 4.69) is 10.1 Å². The van der Waals surface area contributed by atoms with Crippen molar-refractivity contribution < 1.29 is 12.9 Å². The van der Waals surface area contributed by atoms with Crippen molar-refractivity contribution in [2.45, 2.75) is 37.7 Å². The fourth-order valence-corrected chi connectivity index (χ4v) is 3.90. The van der Waals surface area contributed by atoms with E-state index in [-0.39, 0.29) is 17.6 Å². The fourth-order valence-electron chi connectivity index (χ4n) is 2.56. The third-order valence-corrected chi connectivity index (χ3v) is 6.09. The van der Waals surface area contributed by atoms with Gasteiger partial charge in [0.2, 0.25) is 5.89 Å². The summed E-state index contributed by atoms with van der Waals surface area (Å²) >= 11 is 0. The first-order chi connectivity index (χ1) is 11.4. The predicted molar refractivity (Wildman–Crippen MR) is 93.4 cm³/mol. The Bertz CT molecular complexity index is 956. The Morgan fingerprint density at radius 2 is 1.75 bits per heavy atom. The number of nitrogens with zero attached hydrogens (tertiary/aromatic N) is 2. The molecule has 0 aliphatic carbocycles. The van der Waals surface area contributed by atoms with Crippen LogP contribution < -0.4 is 0 Å². The topological polar surface area (TPSA) is 73.1 Å². The third kappa shape index (κ3) is 3.19. The summed E-state index contributed by atoms with van der Waals surface area (Å²) in [5.41, 5.74) is 0.781. The van der Waals surface area contributed by atoms with Gasteiger partial charge >= 0.3 is 0 Å². The van der Waals surface area contributed by atoms with E-state index in [0.29, 0.717) is 5.82 Å². The van der Waals surface area contributed by atoms with Gasteiger partial charge in [-0.05, 0) is 23.3 Å². The number of aromatic nitrogens is 2. The molecule has 0 amide bonds. The largest absolute Gasteiger partial charge is 0.338 e. The van der Waals surface area contributed by atoms with Crippen LogP contribution in [0.1, 0.15) is 49.2 Å². The number of fused-ring (bicyclic) bond motifs is 1. The zero-order valence-corrected chi connectivity index (χ0v) is 14.7. The lowest BCUT2D eigenvalue weighted by Gasteiger charge is -2.11. The predicted octanol–water partition coefficient (Wildman–Crippen LogP) is 4.02. The maximum Gasteiger partial charge on any atom is 0.244 e. The molecule has 1 heterocycles. The maximum absolute atomic E-state index is 12.8. The molecule has 0 unspecified atom stereocenters. The van der Waals surface area contributed by atoms with Crippen LogP contribution in [-0.2, 0) is 15.6 Å². The summed E-state index contributed by atoms with van der Waals surface area (Å²) < 4.78 is 30.7. The Balaban J connectivity index is 1.92. The first-order valence-electron chi connectivity index (χ1n) is 7.90. The normalized spacial score (nSPS) is 13.5. The molecule has 5 nitrogen and oxygen atoms in total. The monoisotopic (exact) mass is 344 g/mol. The maximum atomic E-state index is 12.8. The molecule has 0 fully saturated rings. The van der Waals surface area contributed by atoms with E-state index < -0.39 is 15.1 Å². The summed E-state index contributed by atoms with van der Waals surface area (Å²) in [7, 11) is -3.47. The summed E-state index contributed by atoms with van der Waals surface area (Å²) in [5.74, 6) is 0.709.